The van der Waals surface area contributed by atoms with Crippen LogP contribution in [-0.2, 0) is 6.18 Å². The maximum absolute atomic E-state index is 13.1. The molecule has 0 saturated carbocycles. The van der Waals surface area contributed by atoms with Crippen LogP contribution in [0, 0.1) is 0 Å². The van der Waals surface area contributed by atoms with Crippen molar-refractivity contribution in [3.05, 3.63) is 82.0 Å². The molecule has 0 spiro atoms. The van der Waals surface area contributed by atoms with E-state index in [1.165, 1.54) is 18.2 Å². The van der Waals surface area contributed by atoms with Crippen LogP contribution in [0.4, 0.5) is 13.2 Å². The molecule has 1 N–H and O–H groups in total. The smallest absolute Gasteiger partial charge is 0.416 e. The molecule has 1 aliphatic rings. The topological polar surface area (TPSA) is 109 Å². The summed E-state index contributed by atoms with van der Waals surface area (Å²) in [6.45, 7) is 2.05. The highest BCUT2D eigenvalue weighted by Crippen LogP contribution is 2.43. The highest BCUT2D eigenvalue weighted by Gasteiger charge is 2.43. The summed E-state index contributed by atoms with van der Waals surface area (Å²) in [6, 6.07) is 12.1. The van der Waals surface area contributed by atoms with Crippen molar-refractivity contribution >= 4 is 11.0 Å². The number of fused-ring (bicyclic) bond motifs is 1. The summed E-state index contributed by atoms with van der Waals surface area (Å²) in [5, 5.41) is 3.80. The van der Waals surface area contributed by atoms with E-state index in [-0.39, 0.29) is 17.8 Å². The normalized spacial score (nSPS) is 17.5. The van der Waals surface area contributed by atoms with E-state index in [0.29, 0.717) is 28.9 Å². The van der Waals surface area contributed by atoms with Gasteiger partial charge in [-0.1, -0.05) is 12.1 Å². The minimum Gasteiger partial charge on any atom is -0.464 e. The molecule has 1 aliphatic heterocycles. The third-order valence-electron chi connectivity index (χ3n) is 5.12. The molecule has 8 nitrogen and oxygen atoms in total. The van der Waals surface area contributed by atoms with Crippen LogP contribution in [0.1, 0.15) is 36.0 Å². The summed E-state index contributed by atoms with van der Waals surface area (Å²) in [6.07, 6.45) is -4.43. The summed E-state index contributed by atoms with van der Waals surface area (Å²) in [5.74, 6) is 0.586. The Morgan fingerprint density at radius 3 is 2.59 bits per heavy atom. The Labute approximate surface area is 190 Å². The molecule has 3 heterocycles. The van der Waals surface area contributed by atoms with Crippen molar-refractivity contribution in [1.82, 2.24) is 20.3 Å². The molecule has 5 rings (SSSR count). The van der Waals surface area contributed by atoms with Gasteiger partial charge in [-0.15, -0.1) is 4.98 Å². The second-order valence-corrected chi connectivity index (χ2v) is 7.49. The van der Waals surface area contributed by atoms with Gasteiger partial charge in [-0.3, -0.25) is 5.32 Å². The highest BCUT2D eigenvalue weighted by molar-refractivity contribution is 5.77. The van der Waals surface area contributed by atoms with E-state index >= 15 is 0 Å². The van der Waals surface area contributed by atoms with E-state index in [2.05, 4.69) is 20.3 Å². The minimum atomic E-state index is -4.43. The molecule has 0 radical (unpaired) electrons. The Kier molecular flexibility index (Phi) is 5.40. The molecule has 11 heteroatoms. The molecular formula is C23H17F3N4O4. The van der Waals surface area contributed by atoms with Gasteiger partial charge in [-0.05, 0) is 42.8 Å². The van der Waals surface area contributed by atoms with Gasteiger partial charge >= 0.3 is 23.8 Å². The molecule has 174 valence electrons. The van der Waals surface area contributed by atoms with E-state index in [1.807, 2.05) is 0 Å². The van der Waals surface area contributed by atoms with Crippen LogP contribution in [0.25, 0.3) is 11.0 Å². The minimum absolute atomic E-state index is 0.0197. The lowest BCUT2D eigenvalue weighted by Crippen LogP contribution is -2.06. The number of nitrogens with one attached hydrogen (secondary N) is 1. The molecule has 4 aromatic rings. The van der Waals surface area contributed by atoms with Crippen molar-refractivity contribution in [2.45, 2.75) is 25.2 Å². The summed E-state index contributed by atoms with van der Waals surface area (Å²) in [5.41, 5.74) is -0.427. The Balaban J connectivity index is 1.42. The molecule has 1 fully saturated rings. The molecular weight excluding hydrogens is 453 g/mol. The molecule has 0 aliphatic carbocycles. The summed E-state index contributed by atoms with van der Waals surface area (Å²) < 4.78 is 55.6. The Bertz CT molecular complexity index is 1420. The van der Waals surface area contributed by atoms with Crippen LogP contribution < -0.4 is 20.4 Å². The van der Waals surface area contributed by atoms with Crippen molar-refractivity contribution in [3.8, 4) is 17.8 Å². The van der Waals surface area contributed by atoms with Crippen molar-refractivity contribution < 1.29 is 27.1 Å². The average molecular weight is 470 g/mol. The molecule has 2 atom stereocenters. The lowest BCUT2D eigenvalue weighted by atomic mass is 10.1. The number of aromatic nitrogens is 3. The monoisotopic (exact) mass is 470 g/mol. The zero-order chi connectivity index (χ0) is 23.9. The predicted molar refractivity (Wildman–Crippen MR) is 114 cm³/mol. The lowest BCUT2D eigenvalue weighted by molar-refractivity contribution is -0.137. The van der Waals surface area contributed by atoms with Crippen molar-refractivity contribution in [2.24, 2.45) is 0 Å². The summed E-state index contributed by atoms with van der Waals surface area (Å²) in [7, 11) is 0. The van der Waals surface area contributed by atoms with Crippen molar-refractivity contribution in [1.29, 1.82) is 0 Å². The van der Waals surface area contributed by atoms with Crippen LogP contribution in [-0.4, -0.2) is 21.6 Å². The third kappa shape index (κ3) is 4.55. The fourth-order valence-corrected chi connectivity index (χ4v) is 3.50. The summed E-state index contributed by atoms with van der Waals surface area (Å²) >= 11 is 0. The van der Waals surface area contributed by atoms with Gasteiger partial charge in [0.25, 0.3) is 0 Å². The zero-order valence-corrected chi connectivity index (χ0v) is 17.7. The SMILES string of the molecule is CCOc1nc(Oc2ccc3ccc(=O)oc3c2)nc(C2NC2c2cccc(C(F)(F)F)c2)n1. The molecule has 1 saturated heterocycles. The standard InChI is InChI=1S/C23H17F3N4O4/c1-2-32-21-28-20(19-18(27-19)13-4-3-5-14(10-13)23(24,25)26)29-22(30-21)33-15-8-6-12-7-9-17(31)34-16(12)11-15/h3-11,18-19,27H,2H2,1H3. The molecule has 34 heavy (non-hydrogen) atoms. The third-order valence-corrected chi connectivity index (χ3v) is 5.12. The van der Waals surface area contributed by atoms with Gasteiger partial charge in [0.2, 0.25) is 0 Å². The molecule has 2 aromatic carbocycles. The van der Waals surface area contributed by atoms with E-state index in [9.17, 15) is 18.0 Å². The second kappa shape index (κ2) is 8.41. The van der Waals surface area contributed by atoms with E-state index < -0.39 is 29.4 Å². The number of halogens is 3. The van der Waals surface area contributed by atoms with Crippen LogP contribution in [0.2, 0.25) is 0 Å². The second-order valence-electron chi connectivity index (χ2n) is 7.49. The Morgan fingerprint density at radius 1 is 1.00 bits per heavy atom. The van der Waals surface area contributed by atoms with Crippen LogP contribution >= 0.6 is 0 Å². The highest BCUT2D eigenvalue weighted by atomic mass is 19.4. The van der Waals surface area contributed by atoms with E-state index in [4.69, 9.17) is 13.9 Å². The van der Waals surface area contributed by atoms with Gasteiger partial charge in [0.15, 0.2) is 5.82 Å². The first-order valence-corrected chi connectivity index (χ1v) is 10.3. The Morgan fingerprint density at radius 2 is 1.79 bits per heavy atom. The fraction of sp³-hybridized carbons (Fsp3) is 0.217. The van der Waals surface area contributed by atoms with Crippen LogP contribution in [0.5, 0.6) is 17.8 Å². The number of benzene rings is 2. The predicted octanol–water partition coefficient (Wildman–Crippen LogP) is 4.57. The Hall–Kier alpha value is -3.99. The van der Waals surface area contributed by atoms with Gasteiger partial charge in [0, 0.05) is 17.5 Å². The average Bonchev–Trinajstić information content (AvgIpc) is 3.60. The number of alkyl halides is 3. The van der Waals surface area contributed by atoms with E-state index in [0.717, 1.165) is 12.1 Å². The van der Waals surface area contributed by atoms with Crippen molar-refractivity contribution in [2.75, 3.05) is 6.61 Å². The van der Waals surface area contributed by atoms with Crippen LogP contribution in [0.3, 0.4) is 0 Å². The first-order valence-electron chi connectivity index (χ1n) is 10.3. The van der Waals surface area contributed by atoms with Crippen LogP contribution in [0.15, 0.2) is 63.8 Å². The number of hydrogen-bond donors (Lipinski definition) is 1. The fourth-order valence-electron chi connectivity index (χ4n) is 3.50. The van der Waals surface area contributed by atoms with Gasteiger partial charge in [-0.25, -0.2) is 4.79 Å². The van der Waals surface area contributed by atoms with E-state index in [1.54, 1.807) is 31.2 Å². The summed E-state index contributed by atoms with van der Waals surface area (Å²) in [4.78, 5) is 24.2. The zero-order valence-electron chi connectivity index (χ0n) is 17.7. The number of hydrogen-bond acceptors (Lipinski definition) is 8. The van der Waals surface area contributed by atoms with Crippen molar-refractivity contribution in [3.63, 3.8) is 0 Å². The number of rotatable bonds is 6. The molecule has 0 amide bonds. The molecule has 2 aromatic heterocycles. The lowest BCUT2D eigenvalue weighted by Gasteiger charge is -2.09. The maximum atomic E-state index is 13.1. The molecule has 0 bridgehead atoms. The largest absolute Gasteiger partial charge is 0.464 e. The van der Waals surface area contributed by atoms with Gasteiger partial charge in [0.1, 0.15) is 11.3 Å². The maximum Gasteiger partial charge on any atom is 0.416 e. The van der Waals surface area contributed by atoms with Gasteiger partial charge in [-0.2, -0.15) is 23.1 Å². The first-order chi connectivity index (χ1) is 16.3. The number of nitrogens with zero attached hydrogens (tertiary/aromatic N) is 3. The molecule has 2 unspecified atom stereocenters. The number of ether oxygens (including phenoxy) is 2. The quantitative estimate of drug-likeness (QED) is 0.322. The first kappa shape index (κ1) is 21.8. The van der Waals surface area contributed by atoms with Gasteiger partial charge in [0.05, 0.1) is 24.3 Å². The van der Waals surface area contributed by atoms with Gasteiger partial charge < -0.3 is 13.9 Å².